The van der Waals surface area contributed by atoms with Crippen molar-refractivity contribution >= 4 is 17.3 Å². The molecule has 24 heavy (non-hydrogen) atoms. The van der Waals surface area contributed by atoms with E-state index in [4.69, 9.17) is 4.74 Å². The number of methoxy groups -OCH3 is 1. The van der Waals surface area contributed by atoms with Gasteiger partial charge < -0.3 is 20.5 Å². The smallest absolute Gasteiger partial charge is 0.267 e. The van der Waals surface area contributed by atoms with Crippen molar-refractivity contribution in [1.29, 1.82) is 5.26 Å². The molecule has 0 radical (unpaired) electrons. The van der Waals surface area contributed by atoms with Gasteiger partial charge >= 0.3 is 0 Å². The summed E-state index contributed by atoms with van der Waals surface area (Å²) in [4.78, 5) is 12.1. The summed E-state index contributed by atoms with van der Waals surface area (Å²) in [6.07, 6.45) is 1.31. The van der Waals surface area contributed by atoms with Gasteiger partial charge in [0.2, 0.25) is 0 Å². The molecule has 0 aromatic heterocycles. The van der Waals surface area contributed by atoms with Gasteiger partial charge in [-0.2, -0.15) is 5.26 Å². The molecule has 0 aliphatic heterocycles. The van der Waals surface area contributed by atoms with E-state index in [1.54, 1.807) is 25.3 Å². The van der Waals surface area contributed by atoms with Gasteiger partial charge in [0.25, 0.3) is 5.91 Å². The van der Waals surface area contributed by atoms with E-state index in [9.17, 15) is 15.2 Å². The lowest BCUT2D eigenvalue weighted by atomic mass is 10.2. The fourth-order valence-corrected chi connectivity index (χ4v) is 2.02. The Kier molecular flexibility index (Phi) is 5.42. The van der Waals surface area contributed by atoms with E-state index in [1.807, 2.05) is 25.1 Å². The zero-order valence-corrected chi connectivity index (χ0v) is 13.3. The molecule has 2 aromatic rings. The highest BCUT2D eigenvalue weighted by atomic mass is 16.5. The standard InChI is InChI=1S/C18H17N3O3/c1-12-6-7-17(24-2)16(8-12)20-11-13(10-19)18(23)21-14-4-3-5-15(22)9-14/h3-9,11,20,22H,1-2H3,(H,21,23)/b13-11-. The van der Waals surface area contributed by atoms with Crippen molar-refractivity contribution in [3.8, 4) is 17.6 Å². The second-order valence-electron chi connectivity index (χ2n) is 5.02. The lowest BCUT2D eigenvalue weighted by Crippen LogP contribution is -2.14. The molecule has 6 heteroatoms. The van der Waals surface area contributed by atoms with Gasteiger partial charge in [-0.05, 0) is 36.8 Å². The number of hydrogen-bond acceptors (Lipinski definition) is 5. The minimum atomic E-state index is -0.581. The Morgan fingerprint density at radius 3 is 2.75 bits per heavy atom. The average Bonchev–Trinajstić information content (AvgIpc) is 2.55. The molecule has 6 nitrogen and oxygen atoms in total. The quantitative estimate of drug-likeness (QED) is 0.580. The van der Waals surface area contributed by atoms with Gasteiger partial charge in [-0.25, -0.2) is 0 Å². The predicted octanol–water partition coefficient (Wildman–Crippen LogP) is 3.17. The number of rotatable bonds is 5. The third kappa shape index (κ3) is 4.27. The largest absolute Gasteiger partial charge is 0.508 e. The molecule has 1 amide bonds. The molecule has 0 aliphatic rings. The number of aryl methyl sites for hydroxylation is 1. The number of benzene rings is 2. The van der Waals surface area contributed by atoms with Crippen LogP contribution in [0.3, 0.4) is 0 Å². The molecule has 2 rings (SSSR count). The van der Waals surface area contributed by atoms with Crippen LogP contribution >= 0.6 is 0 Å². The van der Waals surface area contributed by atoms with Crippen LogP contribution in [-0.4, -0.2) is 18.1 Å². The molecule has 0 saturated heterocycles. The van der Waals surface area contributed by atoms with Crippen molar-refractivity contribution in [3.05, 3.63) is 59.8 Å². The molecule has 2 aromatic carbocycles. The van der Waals surface area contributed by atoms with Crippen LogP contribution < -0.4 is 15.4 Å². The van der Waals surface area contributed by atoms with Crippen molar-refractivity contribution in [2.24, 2.45) is 0 Å². The topological polar surface area (TPSA) is 94.4 Å². The number of nitrogens with zero attached hydrogens (tertiary/aromatic N) is 1. The second-order valence-corrected chi connectivity index (χ2v) is 5.02. The lowest BCUT2D eigenvalue weighted by Gasteiger charge is -2.10. The van der Waals surface area contributed by atoms with E-state index in [0.717, 1.165) is 5.56 Å². The molecule has 0 unspecified atom stereocenters. The third-order valence-electron chi connectivity index (χ3n) is 3.20. The number of nitrogens with one attached hydrogen (secondary N) is 2. The van der Waals surface area contributed by atoms with E-state index in [1.165, 1.54) is 18.3 Å². The molecule has 0 saturated carbocycles. The highest BCUT2D eigenvalue weighted by molar-refractivity contribution is 6.06. The summed E-state index contributed by atoms with van der Waals surface area (Å²) in [5, 5.41) is 24.1. The van der Waals surface area contributed by atoms with Gasteiger partial charge in [-0.3, -0.25) is 4.79 Å². The Hall–Kier alpha value is -3.46. The molecule has 0 bridgehead atoms. The number of ether oxygens (including phenoxy) is 1. The highest BCUT2D eigenvalue weighted by Gasteiger charge is 2.10. The Bertz CT molecular complexity index is 822. The van der Waals surface area contributed by atoms with Gasteiger partial charge in [0.15, 0.2) is 0 Å². The zero-order chi connectivity index (χ0) is 17.5. The van der Waals surface area contributed by atoms with Crippen LogP contribution in [-0.2, 0) is 4.79 Å². The Balaban J connectivity index is 2.16. The van der Waals surface area contributed by atoms with E-state index in [-0.39, 0.29) is 11.3 Å². The van der Waals surface area contributed by atoms with Crippen LogP contribution in [0.25, 0.3) is 0 Å². The summed E-state index contributed by atoms with van der Waals surface area (Å²) in [6, 6.07) is 13.5. The summed E-state index contributed by atoms with van der Waals surface area (Å²) < 4.78 is 5.23. The molecule has 0 spiro atoms. The minimum absolute atomic E-state index is 0.0258. The number of carbonyl (C=O) groups excluding carboxylic acids is 1. The molecule has 122 valence electrons. The number of phenolic OH excluding ortho intramolecular Hbond substituents is 1. The normalized spacial score (nSPS) is 10.6. The fraction of sp³-hybridized carbons (Fsp3) is 0.111. The summed E-state index contributed by atoms with van der Waals surface area (Å²) in [5.74, 6) is 0.0441. The third-order valence-corrected chi connectivity index (χ3v) is 3.20. The number of carbonyl (C=O) groups is 1. The van der Waals surface area contributed by atoms with E-state index < -0.39 is 5.91 Å². The minimum Gasteiger partial charge on any atom is -0.508 e. The number of amides is 1. The van der Waals surface area contributed by atoms with Gasteiger partial charge in [0.1, 0.15) is 23.1 Å². The molecule has 0 fully saturated rings. The van der Waals surface area contributed by atoms with Crippen molar-refractivity contribution in [2.45, 2.75) is 6.92 Å². The molecular formula is C18H17N3O3. The Morgan fingerprint density at radius 1 is 1.29 bits per heavy atom. The van der Waals surface area contributed by atoms with Crippen LogP contribution in [0, 0.1) is 18.3 Å². The van der Waals surface area contributed by atoms with E-state index in [2.05, 4.69) is 10.6 Å². The van der Waals surface area contributed by atoms with Crippen molar-refractivity contribution in [2.75, 3.05) is 17.7 Å². The molecule has 0 heterocycles. The average molecular weight is 323 g/mol. The van der Waals surface area contributed by atoms with Gasteiger partial charge in [-0.15, -0.1) is 0 Å². The molecule has 0 atom stereocenters. The van der Waals surface area contributed by atoms with E-state index in [0.29, 0.717) is 17.1 Å². The van der Waals surface area contributed by atoms with Crippen molar-refractivity contribution in [3.63, 3.8) is 0 Å². The first-order valence-corrected chi connectivity index (χ1v) is 7.15. The first-order valence-electron chi connectivity index (χ1n) is 7.15. The molecule has 0 aliphatic carbocycles. The number of nitriles is 1. The zero-order valence-electron chi connectivity index (χ0n) is 13.3. The van der Waals surface area contributed by atoms with Gasteiger partial charge in [-0.1, -0.05) is 12.1 Å². The summed E-state index contributed by atoms with van der Waals surface area (Å²) in [6.45, 7) is 1.92. The SMILES string of the molecule is COc1ccc(C)cc1N/C=C(/C#N)C(=O)Nc1cccc(O)c1. The van der Waals surface area contributed by atoms with Crippen LogP contribution in [0.4, 0.5) is 11.4 Å². The fourth-order valence-electron chi connectivity index (χ4n) is 2.02. The van der Waals surface area contributed by atoms with Gasteiger partial charge in [0, 0.05) is 18.0 Å². The number of phenols is 1. The van der Waals surface area contributed by atoms with E-state index >= 15 is 0 Å². The van der Waals surface area contributed by atoms with Crippen LogP contribution in [0.5, 0.6) is 11.5 Å². The summed E-state index contributed by atoms with van der Waals surface area (Å²) >= 11 is 0. The first-order chi connectivity index (χ1) is 11.5. The summed E-state index contributed by atoms with van der Waals surface area (Å²) in [5.41, 5.74) is 1.95. The number of hydrogen-bond donors (Lipinski definition) is 3. The van der Waals surface area contributed by atoms with Gasteiger partial charge in [0.05, 0.1) is 12.8 Å². The molecular weight excluding hydrogens is 306 g/mol. The number of anilines is 2. The van der Waals surface area contributed by atoms with Crippen molar-refractivity contribution in [1.82, 2.24) is 0 Å². The lowest BCUT2D eigenvalue weighted by molar-refractivity contribution is -0.112. The number of aromatic hydroxyl groups is 1. The molecule has 3 N–H and O–H groups in total. The summed E-state index contributed by atoms with van der Waals surface area (Å²) in [7, 11) is 1.54. The monoisotopic (exact) mass is 323 g/mol. The van der Waals surface area contributed by atoms with Crippen LogP contribution in [0.1, 0.15) is 5.56 Å². The van der Waals surface area contributed by atoms with Crippen LogP contribution in [0.15, 0.2) is 54.2 Å². The maximum Gasteiger partial charge on any atom is 0.267 e. The maximum atomic E-state index is 12.1. The highest BCUT2D eigenvalue weighted by Crippen LogP contribution is 2.25. The van der Waals surface area contributed by atoms with Crippen LogP contribution in [0.2, 0.25) is 0 Å². The predicted molar refractivity (Wildman–Crippen MR) is 91.8 cm³/mol. The second kappa shape index (κ2) is 7.70. The maximum absolute atomic E-state index is 12.1. The Labute approximate surface area is 140 Å². The van der Waals surface area contributed by atoms with Crippen molar-refractivity contribution < 1.29 is 14.6 Å². The first kappa shape index (κ1) is 16.9. The Morgan fingerprint density at radius 2 is 2.08 bits per heavy atom.